The Bertz CT molecular complexity index is 650. The molecule has 2 aromatic rings. The summed E-state index contributed by atoms with van der Waals surface area (Å²) in [6, 6.07) is 9.83. The van der Waals surface area contributed by atoms with E-state index < -0.39 is 0 Å². The first-order valence-electron chi connectivity index (χ1n) is 6.88. The second-order valence-corrected chi connectivity index (χ2v) is 6.71. The number of pyridine rings is 1. The van der Waals surface area contributed by atoms with Gasteiger partial charge in [0.25, 0.3) is 0 Å². The lowest BCUT2D eigenvalue weighted by molar-refractivity contribution is 0.412. The van der Waals surface area contributed by atoms with Crippen molar-refractivity contribution in [2.24, 2.45) is 5.73 Å². The number of rotatable bonds is 3. The van der Waals surface area contributed by atoms with E-state index in [1.807, 2.05) is 24.3 Å². The van der Waals surface area contributed by atoms with Gasteiger partial charge in [0.05, 0.1) is 12.1 Å². The number of halogens is 1. The smallest absolute Gasteiger partial charge is 0.119 e. The van der Waals surface area contributed by atoms with Crippen molar-refractivity contribution in [2.75, 3.05) is 7.11 Å². The molecule has 3 rings (SSSR count). The molecule has 1 aliphatic carbocycles. The Hall–Kier alpha value is -1.23. The lowest BCUT2D eigenvalue weighted by Gasteiger charge is -2.30. The molecule has 1 aliphatic rings. The summed E-state index contributed by atoms with van der Waals surface area (Å²) < 4.78 is 5.31. The van der Waals surface area contributed by atoms with Gasteiger partial charge in [-0.2, -0.15) is 0 Å². The molecule has 3 nitrogen and oxygen atoms in total. The van der Waals surface area contributed by atoms with Crippen LogP contribution in [0.5, 0.6) is 5.75 Å². The van der Waals surface area contributed by atoms with Crippen molar-refractivity contribution >= 4 is 23.4 Å². The van der Waals surface area contributed by atoms with Gasteiger partial charge in [-0.25, -0.2) is 4.98 Å². The van der Waals surface area contributed by atoms with Gasteiger partial charge in [0, 0.05) is 17.5 Å². The first-order chi connectivity index (χ1) is 10.2. The Kier molecular flexibility index (Phi) is 4.38. The number of benzene rings is 1. The van der Waals surface area contributed by atoms with Crippen molar-refractivity contribution < 1.29 is 4.74 Å². The molecule has 0 bridgehead atoms. The van der Waals surface area contributed by atoms with E-state index >= 15 is 0 Å². The molecule has 0 amide bonds. The third-order valence-electron chi connectivity index (χ3n) is 3.80. The molecule has 1 aromatic heterocycles. The monoisotopic (exact) mass is 320 g/mol. The number of thioether (sulfide) groups is 1. The number of ether oxygens (including phenoxy) is 1. The van der Waals surface area contributed by atoms with Crippen LogP contribution in [0.4, 0.5) is 0 Å². The summed E-state index contributed by atoms with van der Waals surface area (Å²) in [5, 5.41) is 1.81. The highest BCUT2D eigenvalue weighted by Crippen LogP contribution is 2.40. The van der Waals surface area contributed by atoms with E-state index in [-0.39, 0.29) is 11.3 Å². The maximum Gasteiger partial charge on any atom is 0.119 e. The lowest BCUT2D eigenvalue weighted by Crippen LogP contribution is -2.29. The molecule has 21 heavy (non-hydrogen) atoms. The first-order valence-corrected chi connectivity index (χ1v) is 8.14. The average Bonchev–Trinajstić information content (AvgIpc) is 2.52. The summed E-state index contributed by atoms with van der Waals surface area (Å²) in [5.41, 5.74) is 8.95. The van der Waals surface area contributed by atoms with Crippen LogP contribution in [0.1, 0.15) is 23.6 Å². The van der Waals surface area contributed by atoms with Crippen molar-refractivity contribution in [1.29, 1.82) is 0 Å². The topological polar surface area (TPSA) is 48.1 Å². The van der Waals surface area contributed by atoms with Gasteiger partial charge in [-0.1, -0.05) is 29.4 Å². The standard InChI is InChI=1S/C16H17ClN2OS/c1-20-11-6-4-10-5-7-14(15(18)12(10)9-11)21-16-13(17)3-2-8-19-16/h2-4,6,8-9,14-15H,5,7,18H2,1H3. The highest BCUT2D eigenvalue weighted by atomic mass is 35.5. The van der Waals surface area contributed by atoms with E-state index in [0.29, 0.717) is 5.02 Å². The van der Waals surface area contributed by atoms with E-state index in [9.17, 15) is 0 Å². The molecular weight excluding hydrogens is 304 g/mol. The van der Waals surface area contributed by atoms with Gasteiger partial charge in [0.2, 0.25) is 0 Å². The van der Waals surface area contributed by atoms with Crippen molar-refractivity contribution in [3.8, 4) is 5.75 Å². The lowest BCUT2D eigenvalue weighted by atomic mass is 9.87. The van der Waals surface area contributed by atoms with Gasteiger partial charge in [-0.15, -0.1) is 0 Å². The van der Waals surface area contributed by atoms with Crippen LogP contribution in [0.25, 0.3) is 0 Å². The molecule has 2 N–H and O–H groups in total. The molecule has 0 fully saturated rings. The molecule has 0 radical (unpaired) electrons. The molecule has 0 saturated heterocycles. The van der Waals surface area contributed by atoms with Crippen LogP contribution in [0.2, 0.25) is 5.02 Å². The fraction of sp³-hybridized carbons (Fsp3) is 0.312. The molecular formula is C16H17ClN2OS. The van der Waals surface area contributed by atoms with E-state index in [2.05, 4.69) is 11.1 Å². The third kappa shape index (κ3) is 3.03. The van der Waals surface area contributed by atoms with Crippen LogP contribution in [0.3, 0.4) is 0 Å². The Balaban J connectivity index is 1.85. The van der Waals surface area contributed by atoms with Crippen molar-refractivity contribution in [2.45, 2.75) is 29.2 Å². The minimum absolute atomic E-state index is 0.0353. The van der Waals surface area contributed by atoms with Crippen molar-refractivity contribution in [3.63, 3.8) is 0 Å². The average molecular weight is 321 g/mol. The number of aryl methyl sites for hydroxylation is 1. The number of hydrogen-bond acceptors (Lipinski definition) is 4. The van der Waals surface area contributed by atoms with Crippen LogP contribution in [0.15, 0.2) is 41.6 Å². The van der Waals surface area contributed by atoms with E-state index in [1.165, 1.54) is 11.1 Å². The summed E-state index contributed by atoms with van der Waals surface area (Å²) in [7, 11) is 1.68. The molecule has 1 aromatic carbocycles. The molecule has 0 spiro atoms. The predicted octanol–water partition coefficient (Wildman–Crippen LogP) is 3.85. The van der Waals surface area contributed by atoms with E-state index in [1.54, 1.807) is 25.1 Å². The summed E-state index contributed by atoms with van der Waals surface area (Å²) in [6.07, 6.45) is 3.81. The van der Waals surface area contributed by atoms with E-state index in [4.69, 9.17) is 22.1 Å². The predicted molar refractivity (Wildman–Crippen MR) is 87.1 cm³/mol. The zero-order valence-corrected chi connectivity index (χ0v) is 13.3. The van der Waals surface area contributed by atoms with Crippen molar-refractivity contribution in [1.82, 2.24) is 4.98 Å². The second kappa shape index (κ2) is 6.26. The number of fused-ring (bicyclic) bond motifs is 1. The highest BCUT2D eigenvalue weighted by Gasteiger charge is 2.28. The Morgan fingerprint density at radius 1 is 1.38 bits per heavy atom. The third-order valence-corrected chi connectivity index (χ3v) is 5.60. The Labute approximate surface area is 133 Å². The van der Waals surface area contributed by atoms with Crippen LogP contribution >= 0.6 is 23.4 Å². The summed E-state index contributed by atoms with van der Waals surface area (Å²) in [6.45, 7) is 0. The van der Waals surface area contributed by atoms with Crippen LogP contribution in [-0.2, 0) is 6.42 Å². The molecule has 110 valence electrons. The van der Waals surface area contributed by atoms with Crippen molar-refractivity contribution in [3.05, 3.63) is 52.7 Å². The Morgan fingerprint density at radius 3 is 3.00 bits per heavy atom. The van der Waals surface area contributed by atoms with Gasteiger partial charge in [0.1, 0.15) is 10.8 Å². The van der Waals surface area contributed by atoms with Gasteiger partial charge >= 0.3 is 0 Å². The molecule has 2 atom stereocenters. The summed E-state index contributed by atoms with van der Waals surface area (Å²) in [4.78, 5) is 4.35. The zero-order chi connectivity index (χ0) is 14.8. The largest absolute Gasteiger partial charge is 0.497 e. The van der Waals surface area contributed by atoms with Gasteiger partial charge in [-0.05, 0) is 48.2 Å². The summed E-state index contributed by atoms with van der Waals surface area (Å²) >= 11 is 7.86. The number of nitrogens with two attached hydrogens (primary N) is 1. The molecule has 2 unspecified atom stereocenters. The minimum Gasteiger partial charge on any atom is -0.497 e. The van der Waals surface area contributed by atoms with Crippen LogP contribution in [-0.4, -0.2) is 17.3 Å². The maximum atomic E-state index is 6.46. The molecule has 0 saturated carbocycles. The molecule has 5 heteroatoms. The number of aromatic nitrogens is 1. The number of nitrogens with zero attached hydrogens (tertiary/aromatic N) is 1. The quantitative estimate of drug-likeness (QED) is 0.933. The second-order valence-electron chi connectivity index (χ2n) is 5.08. The number of methoxy groups -OCH3 is 1. The van der Waals surface area contributed by atoms with Crippen LogP contribution < -0.4 is 10.5 Å². The van der Waals surface area contributed by atoms with Crippen LogP contribution in [0, 0.1) is 0 Å². The summed E-state index contributed by atoms with van der Waals surface area (Å²) in [5.74, 6) is 0.853. The SMILES string of the molecule is COc1ccc2c(c1)C(N)C(Sc1ncccc1Cl)CC2. The maximum absolute atomic E-state index is 6.46. The highest BCUT2D eigenvalue weighted by molar-refractivity contribution is 8.00. The fourth-order valence-corrected chi connectivity index (χ4v) is 4.02. The Morgan fingerprint density at radius 2 is 2.24 bits per heavy atom. The zero-order valence-electron chi connectivity index (χ0n) is 11.8. The van der Waals surface area contributed by atoms with E-state index in [0.717, 1.165) is 23.6 Å². The minimum atomic E-state index is -0.0353. The van der Waals surface area contributed by atoms with Gasteiger partial charge in [-0.3, -0.25) is 0 Å². The molecule has 0 aliphatic heterocycles. The first kappa shape index (κ1) is 14.7. The normalized spacial score (nSPS) is 20.9. The van der Waals surface area contributed by atoms with Gasteiger partial charge in [0.15, 0.2) is 0 Å². The fourth-order valence-electron chi connectivity index (χ4n) is 2.65. The number of hydrogen-bond donors (Lipinski definition) is 1. The molecule has 1 heterocycles. The van der Waals surface area contributed by atoms with Gasteiger partial charge < -0.3 is 10.5 Å².